The minimum absolute atomic E-state index is 0. The molecule has 0 N–H and O–H groups in total. The van der Waals surface area contributed by atoms with Crippen LogP contribution in [0.2, 0.25) is 0 Å². The molecule has 0 spiro atoms. The van der Waals surface area contributed by atoms with Gasteiger partial charge in [0.2, 0.25) is 0 Å². The van der Waals surface area contributed by atoms with Gasteiger partial charge in [-0.2, -0.15) is 4.90 Å². The van der Waals surface area contributed by atoms with Gasteiger partial charge in [-0.15, -0.1) is 0 Å². The quantitative estimate of drug-likeness (QED) is 0.387. The standard InChI is InChI=1S/C7H8OS.K/c1-8-6-2-4-7(9)5-3-6;/h2-5,9H,1H3;/q;+1/p-1. The van der Waals surface area contributed by atoms with Crippen molar-refractivity contribution < 1.29 is 56.1 Å². The Balaban J connectivity index is 0.000000810. The summed E-state index contributed by atoms with van der Waals surface area (Å²) in [5.74, 6) is 0.851. The van der Waals surface area contributed by atoms with E-state index in [4.69, 9.17) is 17.4 Å². The first kappa shape index (κ1) is 10.9. The van der Waals surface area contributed by atoms with Crippen molar-refractivity contribution in [3.05, 3.63) is 24.3 Å². The van der Waals surface area contributed by atoms with Crippen LogP contribution in [0.15, 0.2) is 29.2 Å². The summed E-state index contributed by atoms with van der Waals surface area (Å²) in [5.41, 5.74) is 0. The molecular formula is C7H7KOS. The predicted molar refractivity (Wildman–Crippen MR) is 38.6 cm³/mol. The van der Waals surface area contributed by atoms with Crippen molar-refractivity contribution in [2.24, 2.45) is 0 Å². The van der Waals surface area contributed by atoms with Crippen LogP contribution in [-0.4, -0.2) is 7.11 Å². The fraction of sp³-hybridized carbons (Fsp3) is 0.143. The van der Waals surface area contributed by atoms with E-state index in [1.54, 1.807) is 7.11 Å². The second-order valence-corrected chi connectivity index (χ2v) is 2.15. The molecule has 1 aromatic rings. The van der Waals surface area contributed by atoms with Gasteiger partial charge >= 0.3 is 51.4 Å². The van der Waals surface area contributed by atoms with Crippen molar-refractivity contribution in [1.29, 1.82) is 0 Å². The van der Waals surface area contributed by atoms with E-state index in [2.05, 4.69) is 0 Å². The number of ether oxygens (including phenoxy) is 1. The van der Waals surface area contributed by atoms with E-state index in [-0.39, 0.29) is 51.4 Å². The number of benzene rings is 1. The minimum atomic E-state index is 0. The van der Waals surface area contributed by atoms with Crippen LogP contribution in [0.25, 0.3) is 0 Å². The fourth-order valence-electron chi connectivity index (χ4n) is 0.576. The van der Waals surface area contributed by atoms with Crippen molar-refractivity contribution in [3.8, 4) is 5.75 Å². The zero-order valence-electron chi connectivity index (χ0n) is 6.13. The van der Waals surface area contributed by atoms with Gasteiger partial charge in [0, 0.05) is 0 Å². The third kappa shape index (κ3) is 3.32. The second kappa shape index (κ2) is 5.52. The van der Waals surface area contributed by atoms with Gasteiger partial charge in [-0.05, 0) is 12.1 Å². The van der Waals surface area contributed by atoms with Crippen molar-refractivity contribution in [2.75, 3.05) is 7.11 Å². The summed E-state index contributed by atoms with van der Waals surface area (Å²) >= 11 is 4.86. The molecule has 1 nitrogen and oxygen atoms in total. The molecule has 3 heteroatoms. The molecule has 0 bridgehead atoms. The normalized spacial score (nSPS) is 8.10. The second-order valence-electron chi connectivity index (χ2n) is 1.68. The predicted octanol–water partition coefficient (Wildman–Crippen LogP) is -1.39. The molecule has 0 saturated carbocycles. The summed E-state index contributed by atoms with van der Waals surface area (Å²) < 4.78 is 4.92. The van der Waals surface area contributed by atoms with Crippen LogP contribution in [-0.2, 0) is 12.6 Å². The maximum Gasteiger partial charge on any atom is 1.00 e. The Bertz CT molecular complexity index is 185. The van der Waals surface area contributed by atoms with Crippen LogP contribution in [0.5, 0.6) is 5.75 Å². The third-order valence-electron chi connectivity index (χ3n) is 1.06. The number of hydrogen-bond donors (Lipinski definition) is 0. The van der Waals surface area contributed by atoms with Crippen LogP contribution >= 0.6 is 0 Å². The van der Waals surface area contributed by atoms with Gasteiger partial charge in [0.05, 0.1) is 7.11 Å². The molecule has 0 fully saturated rings. The first-order valence-electron chi connectivity index (χ1n) is 2.64. The Labute approximate surface area is 109 Å². The molecule has 0 aromatic heterocycles. The molecule has 1 aromatic carbocycles. The SMILES string of the molecule is COc1ccc([S-])cc1.[K+]. The average Bonchev–Trinajstić information content (AvgIpc) is 1.90. The molecule has 0 aliphatic rings. The largest absolute Gasteiger partial charge is 1.00 e. The molecule has 0 aliphatic carbocycles. The van der Waals surface area contributed by atoms with Crippen LogP contribution in [0.4, 0.5) is 0 Å². The maximum absolute atomic E-state index is 4.92. The Morgan fingerprint density at radius 3 is 2.10 bits per heavy atom. The summed E-state index contributed by atoms with van der Waals surface area (Å²) in [6, 6.07) is 7.38. The summed E-state index contributed by atoms with van der Waals surface area (Å²) in [6.07, 6.45) is 0. The van der Waals surface area contributed by atoms with E-state index in [9.17, 15) is 0 Å². The van der Waals surface area contributed by atoms with Gasteiger partial charge in [-0.1, -0.05) is 12.1 Å². The molecule has 48 valence electrons. The summed E-state index contributed by atoms with van der Waals surface area (Å²) in [5, 5.41) is 0. The van der Waals surface area contributed by atoms with Crippen molar-refractivity contribution in [1.82, 2.24) is 0 Å². The van der Waals surface area contributed by atoms with Crippen molar-refractivity contribution >= 4 is 12.6 Å². The molecule has 0 heterocycles. The van der Waals surface area contributed by atoms with Crippen molar-refractivity contribution in [2.45, 2.75) is 4.90 Å². The van der Waals surface area contributed by atoms with Gasteiger partial charge in [-0.25, -0.2) is 0 Å². The Hall–Kier alpha value is 0.876. The smallest absolute Gasteiger partial charge is 0.780 e. The molecule has 0 aliphatic heterocycles. The van der Waals surface area contributed by atoms with E-state index in [0.29, 0.717) is 0 Å². The van der Waals surface area contributed by atoms with E-state index < -0.39 is 0 Å². The van der Waals surface area contributed by atoms with E-state index >= 15 is 0 Å². The summed E-state index contributed by atoms with van der Waals surface area (Å²) in [4.78, 5) is 0.843. The van der Waals surface area contributed by atoms with Gasteiger partial charge in [0.15, 0.2) is 0 Å². The van der Waals surface area contributed by atoms with E-state index in [1.807, 2.05) is 24.3 Å². The number of rotatable bonds is 1. The fourth-order valence-corrected chi connectivity index (χ4v) is 0.712. The maximum atomic E-state index is 4.92. The van der Waals surface area contributed by atoms with Gasteiger partial charge in [0.25, 0.3) is 0 Å². The molecule has 0 atom stereocenters. The van der Waals surface area contributed by atoms with Crippen LogP contribution in [0, 0.1) is 0 Å². The molecule has 0 saturated heterocycles. The number of hydrogen-bond acceptors (Lipinski definition) is 2. The zero-order valence-corrected chi connectivity index (χ0v) is 10.1. The van der Waals surface area contributed by atoms with Gasteiger partial charge in [-0.3, -0.25) is 0 Å². The van der Waals surface area contributed by atoms with Gasteiger partial charge in [0.1, 0.15) is 5.75 Å². The Kier molecular flexibility index (Phi) is 6.00. The van der Waals surface area contributed by atoms with E-state index in [1.165, 1.54) is 0 Å². The van der Waals surface area contributed by atoms with Gasteiger partial charge < -0.3 is 17.4 Å². The molecule has 0 unspecified atom stereocenters. The molecule has 1 rings (SSSR count). The third-order valence-corrected chi connectivity index (χ3v) is 1.33. The minimum Gasteiger partial charge on any atom is -0.780 e. The topological polar surface area (TPSA) is 9.23 Å². The van der Waals surface area contributed by atoms with Crippen LogP contribution < -0.4 is 56.1 Å². The Morgan fingerprint density at radius 1 is 1.20 bits per heavy atom. The van der Waals surface area contributed by atoms with Crippen molar-refractivity contribution in [3.63, 3.8) is 0 Å². The Morgan fingerprint density at radius 2 is 1.70 bits per heavy atom. The van der Waals surface area contributed by atoms with Crippen LogP contribution in [0.1, 0.15) is 0 Å². The zero-order chi connectivity index (χ0) is 6.69. The molecule has 0 amide bonds. The molecule has 0 radical (unpaired) electrons. The average molecular weight is 178 g/mol. The number of methoxy groups -OCH3 is 1. The summed E-state index contributed by atoms with van der Waals surface area (Å²) in [7, 11) is 1.64. The first-order chi connectivity index (χ1) is 4.33. The molecular weight excluding hydrogens is 171 g/mol. The first-order valence-corrected chi connectivity index (χ1v) is 3.05. The molecule has 10 heavy (non-hydrogen) atoms. The monoisotopic (exact) mass is 178 g/mol. The van der Waals surface area contributed by atoms with E-state index in [0.717, 1.165) is 10.6 Å². The van der Waals surface area contributed by atoms with Crippen LogP contribution in [0.3, 0.4) is 0 Å². The summed E-state index contributed by atoms with van der Waals surface area (Å²) in [6.45, 7) is 0.